The van der Waals surface area contributed by atoms with Gasteiger partial charge in [-0.25, -0.2) is 0 Å². The predicted molar refractivity (Wildman–Crippen MR) is 51.4 cm³/mol. The van der Waals surface area contributed by atoms with Crippen LogP contribution in [0.4, 0.5) is 0 Å². The molecule has 1 aromatic rings. The van der Waals surface area contributed by atoms with Crippen LogP contribution in [0.5, 0.6) is 0 Å². The van der Waals surface area contributed by atoms with E-state index in [1.807, 2.05) is 18.2 Å². The van der Waals surface area contributed by atoms with Crippen LogP contribution in [0.2, 0.25) is 0 Å². The second kappa shape index (κ2) is 4.16. The average molecular weight is 181 g/mol. The summed E-state index contributed by atoms with van der Waals surface area (Å²) in [5.74, 6) is 0.635. The molecule has 1 rings (SSSR count). The Morgan fingerprint density at radius 1 is 1.58 bits per heavy atom. The van der Waals surface area contributed by atoms with Crippen molar-refractivity contribution in [2.75, 3.05) is 5.75 Å². The summed E-state index contributed by atoms with van der Waals surface area (Å²) >= 11 is 1.70. The van der Waals surface area contributed by atoms with Crippen LogP contribution in [0.25, 0.3) is 0 Å². The quantitative estimate of drug-likeness (QED) is 0.724. The van der Waals surface area contributed by atoms with Crippen molar-refractivity contribution in [3.63, 3.8) is 0 Å². The highest BCUT2D eigenvalue weighted by atomic mass is 32.2. The van der Waals surface area contributed by atoms with Gasteiger partial charge in [-0.05, 0) is 24.0 Å². The molecular formula is C9H11NOS. The number of carbonyl (C=O) groups excluding carboxylic acids is 1. The third kappa shape index (κ3) is 2.27. The molecule has 0 saturated carbocycles. The summed E-state index contributed by atoms with van der Waals surface area (Å²) in [7, 11) is 0. The Labute approximate surface area is 76.2 Å². The highest BCUT2D eigenvalue weighted by Gasteiger charge is 1.99. The smallest absolute Gasteiger partial charge is 0.248 e. The topological polar surface area (TPSA) is 43.1 Å². The minimum Gasteiger partial charge on any atom is -0.366 e. The van der Waals surface area contributed by atoms with Crippen LogP contribution in [0.1, 0.15) is 17.3 Å². The molecule has 0 radical (unpaired) electrons. The molecule has 64 valence electrons. The number of rotatable bonds is 3. The Balaban J connectivity index is 2.88. The molecule has 1 amide bonds. The van der Waals surface area contributed by atoms with Gasteiger partial charge in [-0.2, -0.15) is 0 Å². The minimum atomic E-state index is -0.367. The van der Waals surface area contributed by atoms with E-state index in [-0.39, 0.29) is 5.91 Å². The Hall–Kier alpha value is -0.960. The minimum absolute atomic E-state index is 0.367. The van der Waals surface area contributed by atoms with E-state index in [0.717, 1.165) is 10.6 Å². The molecule has 0 heterocycles. The maximum Gasteiger partial charge on any atom is 0.248 e. The Bertz CT molecular complexity index is 286. The molecule has 0 aromatic heterocycles. The van der Waals surface area contributed by atoms with Crippen LogP contribution >= 0.6 is 11.8 Å². The fourth-order valence-electron chi connectivity index (χ4n) is 0.906. The molecule has 0 aliphatic carbocycles. The van der Waals surface area contributed by atoms with Gasteiger partial charge in [0.25, 0.3) is 0 Å². The van der Waals surface area contributed by atoms with Gasteiger partial charge < -0.3 is 5.73 Å². The number of amides is 1. The number of hydrogen-bond acceptors (Lipinski definition) is 2. The summed E-state index contributed by atoms with van der Waals surface area (Å²) in [5, 5.41) is 0. The van der Waals surface area contributed by atoms with Crippen LogP contribution in [-0.4, -0.2) is 11.7 Å². The van der Waals surface area contributed by atoms with Gasteiger partial charge in [-0.3, -0.25) is 4.79 Å². The molecule has 0 saturated heterocycles. The van der Waals surface area contributed by atoms with Gasteiger partial charge in [-0.15, -0.1) is 11.8 Å². The van der Waals surface area contributed by atoms with Crippen molar-refractivity contribution in [1.82, 2.24) is 0 Å². The van der Waals surface area contributed by atoms with Gasteiger partial charge in [0, 0.05) is 10.5 Å². The second-order valence-electron chi connectivity index (χ2n) is 2.33. The van der Waals surface area contributed by atoms with E-state index in [9.17, 15) is 4.79 Å². The Kier molecular flexibility index (Phi) is 3.17. The molecule has 0 bridgehead atoms. The lowest BCUT2D eigenvalue weighted by Crippen LogP contribution is -2.10. The lowest BCUT2D eigenvalue weighted by atomic mass is 10.2. The third-order valence-electron chi connectivity index (χ3n) is 1.43. The predicted octanol–water partition coefficient (Wildman–Crippen LogP) is 1.90. The standard InChI is InChI=1S/C9H11NOS/c1-2-12-8-5-3-4-7(6-8)9(10)11/h3-6H,2H2,1H3,(H2,10,11). The lowest BCUT2D eigenvalue weighted by Gasteiger charge is -1.99. The normalized spacial score (nSPS) is 9.75. The zero-order valence-corrected chi connectivity index (χ0v) is 7.73. The van der Waals surface area contributed by atoms with E-state index in [0.29, 0.717) is 5.56 Å². The first-order valence-electron chi connectivity index (χ1n) is 3.76. The number of hydrogen-bond donors (Lipinski definition) is 1. The zero-order valence-electron chi connectivity index (χ0n) is 6.91. The number of primary amides is 1. The summed E-state index contributed by atoms with van der Waals surface area (Å²) < 4.78 is 0. The van der Waals surface area contributed by atoms with Crippen molar-refractivity contribution in [3.05, 3.63) is 29.8 Å². The molecule has 1 aromatic carbocycles. The Morgan fingerprint density at radius 2 is 2.33 bits per heavy atom. The van der Waals surface area contributed by atoms with Crippen LogP contribution in [0.3, 0.4) is 0 Å². The van der Waals surface area contributed by atoms with E-state index in [4.69, 9.17) is 5.73 Å². The molecular weight excluding hydrogens is 170 g/mol. The Morgan fingerprint density at radius 3 is 2.92 bits per heavy atom. The van der Waals surface area contributed by atoms with Crippen LogP contribution in [-0.2, 0) is 0 Å². The molecule has 0 spiro atoms. The highest BCUT2D eigenvalue weighted by molar-refractivity contribution is 7.99. The van der Waals surface area contributed by atoms with Gasteiger partial charge >= 0.3 is 0 Å². The van der Waals surface area contributed by atoms with Gasteiger partial charge in [0.2, 0.25) is 5.91 Å². The van der Waals surface area contributed by atoms with Gasteiger partial charge in [-0.1, -0.05) is 13.0 Å². The van der Waals surface area contributed by atoms with E-state index < -0.39 is 0 Å². The van der Waals surface area contributed by atoms with E-state index in [2.05, 4.69) is 6.92 Å². The van der Waals surface area contributed by atoms with E-state index in [1.54, 1.807) is 17.8 Å². The first kappa shape index (κ1) is 9.13. The van der Waals surface area contributed by atoms with Crippen LogP contribution < -0.4 is 5.73 Å². The molecule has 2 nitrogen and oxygen atoms in total. The van der Waals surface area contributed by atoms with Crippen molar-refractivity contribution in [1.29, 1.82) is 0 Å². The maximum atomic E-state index is 10.8. The van der Waals surface area contributed by atoms with Gasteiger partial charge in [0.1, 0.15) is 0 Å². The second-order valence-corrected chi connectivity index (χ2v) is 3.66. The summed E-state index contributed by atoms with van der Waals surface area (Å²) in [5.41, 5.74) is 5.71. The fourth-order valence-corrected chi connectivity index (χ4v) is 1.62. The van der Waals surface area contributed by atoms with Crippen molar-refractivity contribution in [3.8, 4) is 0 Å². The molecule has 0 aliphatic heterocycles. The fraction of sp³-hybridized carbons (Fsp3) is 0.222. The van der Waals surface area contributed by atoms with Crippen molar-refractivity contribution in [2.24, 2.45) is 5.73 Å². The third-order valence-corrected chi connectivity index (χ3v) is 2.31. The zero-order chi connectivity index (χ0) is 8.97. The molecule has 12 heavy (non-hydrogen) atoms. The number of thioether (sulfide) groups is 1. The SMILES string of the molecule is CCSc1cccc(C(N)=O)c1. The van der Waals surface area contributed by atoms with Crippen LogP contribution in [0.15, 0.2) is 29.2 Å². The molecule has 0 unspecified atom stereocenters. The molecule has 0 aliphatic rings. The largest absolute Gasteiger partial charge is 0.366 e. The summed E-state index contributed by atoms with van der Waals surface area (Å²) in [6.07, 6.45) is 0. The first-order chi connectivity index (χ1) is 5.74. The van der Waals surface area contributed by atoms with Crippen molar-refractivity contribution >= 4 is 17.7 Å². The number of nitrogens with two attached hydrogens (primary N) is 1. The summed E-state index contributed by atoms with van der Waals surface area (Å²) in [6, 6.07) is 7.36. The van der Waals surface area contributed by atoms with E-state index in [1.165, 1.54) is 0 Å². The average Bonchev–Trinajstić information content (AvgIpc) is 2.05. The summed E-state index contributed by atoms with van der Waals surface area (Å²) in [4.78, 5) is 11.9. The van der Waals surface area contributed by atoms with Crippen molar-refractivity contribution < 1.29 is 4.79 Å². The first-order valence-corrected chi connectivity index (χ1v) is 4.75. The van der Waals surface area contributed by atoms with E-state index >= 15 is 0 Å². The maximum absolute atomic E-state index is 10.8. The number of benzene rings is 1. The monoisotopic (exact) mass is 181 g/mol. The van der Waals surface area contributed by atoms with Gasteiger partial charge in [0.15, 0.2) is 0 Å². The molecule has 0 fully saturated rings. The highest BCUT2D eigenvalue weighted by Crippen LogP contribution is 2.18. The molecule has 2 N–H and O–H groups in total. The van der Waals surface area contributed by atoms with Crippen LogP contribution in [0, 0.1) is 0 Å². The van der Waals surface area contributed by atoms with Crippen molar-refractivity contribution in [2.45, 2.75) is 11.8 Å². The lowest BCUT2D eigenvalue weighted by molar-refractivity contribution is 0.1000. The summed E-state index contributed by atoms with van der Waals surface area (Å²) in [6.45, 7) is 2.07. The molecule has 3 heteroatoms. The molecule has 0 atom stereocenters. The number of carbonyl (C=O) groups is 1. The van der Waals surface area contributed by atoms with Gasteiger partial charge in [0.05, 0.1) is 0 Å².